The van der Waals surface area contributed by atoms with Crippen LogP contribution >= 0.6 is 0 Å². The van der Waals surface area contributed by atoms with Crippen molar-refractivity contribution in [2.24, 2.45) is 0 Å². The minimum Gasteiger partial charge on any atom is -0.323 e. The molecule has 0 aromatic heterocycles. The molecule has 10 heteroatoms. The minimum absolute atomic E-state index is 0.0445. The van der Waals surface area contributed by atoms with E-state index in [0.29, 0.717) is 17.7 Å². The van der Waals surface area contributed by atoms with Gasteiger partial charge in [0, 0.05) is 12.3 Å². The average molecular weight is 393 g/mol. The van der Waals surface area contributed by atoms with Gasteiger partial charge in [-0.05, 0) is 25.0 Å². The number of rotatable bonds is 5. The molecule has 0 radical (unpaired) electrons. The van der Waals surface area contributed by atoms with Crippen LogP contribution in [0.25, 0.3) is 0 Å². The number of para-hydroxylation sites is 1. The monoisotopic (exact) mass is 393 g/mol. The van der Waals surface area contributed by atoms with Gasteiger partial charge in [-0.3, -0.25) is 19.3 Å². The lowest BCUT2D eigenvalue weighted by Crippen LogP contribution is -2.41. The Kier molecular flexibility index (Phi) is 5.01. The largest absolute Gasteiger partial charge is 0.334 e. The standard InChI is InChI=1S/C17H19N3O6S/c1-27(25,26)13-9-5-4-8-12(13)18-14(21)10-19-15(22)16(23)20(17(19)24)11-6-2-3-7-11/h4-5,8-9,11H,2-3,6-7,10H2,1H3,(H,18,21). The topological polar surface area (TPSA) is 121 Å². The molecule has 1 aromatic rings. The molecule has 144 valence electrons. The van der Waals surface area contributed by atoms with E-state index in [0.717, 1.165) is 24.0 Å². The van der Waals surface area contributed by atoms with E-state index in [-0.39, 0.29) is 16.6 Å². The molecule has 2 aliphatic rings. The first-order valence-electron chi connectivity index (χ1n) is 8.48. The number of imide groups is 2. The highest BCUT2D eigenvalue weighted by molar-refractivity contribution is 7.90. The van der Waals surface area contributed by atoms with Crippen LogP contribution < -0.4 is 5.32 Å². The molecule has 27 heavy (non-hydrogen) atoms. The second kappa shape index (κ2) is 7.10. The first kappa shape index (κ1) is 19.0. The summed E-state index contributed by atoms with van der Waals surface area (Å²) in [7, 11) is -3.58. The Morgan fingerprint density at radius 3 is 2.37 bits per heavy atom. The summed E-state index contributed by atoms with van der Waals surface area (Å²) >= 11 is 0. The van der Waals surface area contributed by atoms with Crippen molar-refractivity contribution in [3.63, 3.8) is 0 Å². The Bertz CT molecular complexity index is 920. The number of amides is 5. The van der Waals surface area contributed by atoms with Crippen LogP contribution in [0, 0.1) is 0 Å². The molecular weight excluding hydrogens is 374 g/mol. The van der Waals surface area contributed by atoms with Crippen molar-refractivity contribution in [1.82, 2.24) is 9.80 Å². The van der Waals surface area contributed by atoms with E-state index in [9.17, 15) is 27.6 Å². The lowest BCUT2D eigenvalue weighted by Gasteiger charge is -2.21. The maximum absolute atomic E-state index is 12.5. The highest BCUT2D eigenvalue weighted by Crippen LogP contribution is 2.28. The summed E-state index contributed by atoms with van der Waals surface area (Å²) in [5, 5.41) is 2.39. The minimum atomic E-state index is -3.58. The van der Waals surface area contributed by atoms with E-state index in [1.165, 1.54) is 18.2 Å². The highest BCUT2D eigenvalue weighted by Gasteiger charge is 2.48. The number of sulfone groups is 1. The van der Waals surface area contributed by atoms with Gasteiger partial charge in [0.25, 0.3) is 0 Å². The quantitative estimate of drug-likeness (QED) is 0.582. The average Bonchev–Trinajstić information content (AvgIpc) is 3.18. The molecule has 2 fully saturated rings. The van der Waals surface area contributed by atoms with Gasteiger partial charge in [0.2, 0.25) is 5.91 Å². The first-order chi connectivity index (χ1) is 12.7. The van der Waals surface area contributed by atoms with Gasteiger partial charge < -0.3 is 5.32 Å². The van der Waals surface area contributed by atoms with Gasteiger partial charge in [0.05, 0.1) is 10.6 Å². The first-order valence-corrected chi connectivity index (χ1v) is 10.4. The van der Waals surface area contributed by atoms with Crippen LogP contribution in [0.2, 0.25) is 0 Å². The summed E-state index contributed by atoms with van der Waals surface area (Å²) in [6.45, 7) is -0.662. The SMILES string of the molecule is CS(=O)(=O)c1ccccc1NC(=O)CN1C(=O)C(=O)N(C2CCCC2)C1=O. The lowest BCUT2D eigenvalue weighted by atomic mass is 10.2. The van der Waals surface area contributed by atoms with Gasteiger partial charge in [-0.25, -0.2) is 18.1 Å². The molecule has 0 spiro atoms. The number of carbonyl (C=O) groups is 4. The summed E-state index contributed by atoms with van der Waals surface area (Å²) in [6.07, 6.45) is 4.04. The number of nitrogens with zero attached hydrogens (tertiary/aromatic N) is 2. The van der Waals surface area contributed by atoms with Crippen molar-refractivity contribution < 1.29 is 27.6 Å². The van der Waals surface area contributed by atoms with Crippen molar-refractivity contribution in [2.75, 3.05) is 18.1 Å². The Morgan fingerprint density at radius 1 is 1.11 bits per heavy atom. The third-order valence-electron chi connectivity index (χ3n) is 4.64. The second-order valence-electron chi connectivity index (χ2n) is 6.60. The fourth-order valence-electron chi connectivity index (χ4n) is 3.37. The van der Waals surface area contributed by atoms with Gasteiger partial charge in [0.1, 0.15) is 6.54 Å². The van der Waals surface area contributed by atoms with Crippen LogP contribution in [0.1, 0.15) is 25.7 Å². The molecule has 1 aliphatic carbocycles. The summed E-state index contributed by atoms with van der Waals surface area (Å²) in [5.74, 6) is -2.73. The maximum atomic E-state index is 12.5. The number of carbonyl (C=O) groups excluding carboxylic acids is 4. The fraction of sp³-hybridized carbons (Fsp3) is 0.412. The van der Waals surface area contributed by atoms with E-state index >= 15 is 0 Å². The third kappa shape index (κ3) is 3.70. The summed E-state index contributed by atoms with van der Waals surface area (Å²) in [4.78, 5) is 50.5. The third-order valence-corrected chi connectivity index (χ3v) is 5.79. The summed E-state index contributed by atoms with van der Waals surface area (Å²) < 4.78 is 23.6. The number of hydrogen-bond acceptors (Lipinski definition) is 6. The molecule has 1 saturated carbocycles. The number of benzene rings is 1. The molecule has 0 unspecified atom stereocenters. The van der Waals surface area contributed by atoms with Crippen LogP contribution in [0.4, 0.5) is 10.5 Å². The fourth-order valence-corrected chi connectivity index (χ4v) is 4.22. The highest BCUT2D eigenvalue weighted by atomic mass is 32.2. The molecule has 1 N–H and O–H groups in total. The van der Waals surface area contributed by atoms with Gasteiger partial charge in [0.15, 0.2) is 9.84 Å². The van der Waals surface area contributed by atoms with E-state index in [2.05, 4.69) is 5.32 Å². The maximum Gasteiger partial charge on any atom is 0.334 e. The van der Waals surface area contributed by atoms with E-state index < -0.39 is 40.1 Å². The van der Waals surface area contributed by atoms with Crippen LogP contribution in [-0.4, -0.2) is 60.8 Å². The smallest absolute Gasteiger partial charge is 0.323 e. The zero-order valence-corrected chi connectivity index (χ0v) is 15.5. The number of hydrogen-bond donors (Lipinski definition) is 1. The number of nitrogens with one attached hydrogen (secondary N) is 1. The Hall–Kier alpha value is -2.75. The van der Waals surface area contributed by atoms with Crippen LogP contribution in [0.15, 0.2) is 29.2 Å². The van der Waals surface area contributed by atoms with Gasteiger partial charge in [-0.1, -0.05) is 25.0 Å². The van der Waals surface area contributed by atoms with Crippen LogP contribution in [-0.2, 0) is 24.2 Å². The molecule has 3 rings (SSSR count). The summed E-state index contributed by atoms with van der Waals surface area (Å²) in [6, 6.07) is 4.68. The predicted molar refractivity (Wildman–Crippen MR) is 94.4 cm³/mol. The molecule has 1 aliphatic heterocycles. The Balaban J connectivity index is 1.74. The second-order valence-corrected chi connectivity index (χ2v) is 8.59. The van der Waals surface area contributed by atoms with Crippen molar-refractivity contribution >= 4 is 39.3 Å². The molecule has 1 saturated heterocycles. The Morgan fingerprint density at radius 2 is 1.74 bits per heavy atom. The van der Waals surface area contributed by atoms with E-state index in [1.54, 1.807) is 6.07 Å². The molecule has 5 amide bonds. The van der Waals surface area contributed by atoms with Gasteiger partial charge >= 0.3 is 17.8 Å². The van der Waals surface area contributed by atoms with Crippen molar-refractivity contribution in [1.29, 1.82) is 0 Å². The van der Waals surface area contributed by atoms with Crippen molar-refractivity contribution in [3.8, 4) is 0 Å². The predicted octanol–water partition coefficient (Wildman–Crippen LogP) is 0.762. The molecule has 0 atom stereocenters. The molecule has 0 bridgehead atoms. The van der Waals surface area contributed by atoms with Gasteiger partial charge in [-0.2, -0.15) is 0 Å². The van der Waals surface area contributed by atoms with Crippen LogP contribution in [0.5, 0.6) is 0 Å². The van der Waals surface area contributed by atoms with Crippen molar-refractivity contribution in [3.05, 3.63) is 24.3 Å². The molecule has 9 nitrogen and oxygen atoms in total. The molecule has 1 heterocycles. The number of urea groups is 1. The lowest BCUT2D eigenvalue weighted by molar-refractivity contribution is -0.144. The van der Waals surface area contributed by atoms with E-state index in [4.69, 9.17) is 0 Å². The normalized spacial score (nSPS) is 18.5. The molecule has 1 aromatic carbocycles. The van der Waals surface area contributed by atoms with Gasteiger partial charge in [-0.15, -0.1) is 0 Å². The zero-order chi connectivity index (χ0) is 19.8. The number of anilines is 1. The van der Waals surface area contributed by atoms with Crippen molar-refractivity contribution in [2.45, 2.75) is 36.6 Å². The summed E-state index contributed by atoms with van der Waals surface area (Å²) in [5.41, 5.74) is 0.0445. The molecular formula is C17H19N3O6S. The zero-order valence-electron chi connectivity index (χ0n) is 14.7. The van der Waals surface area contributed by atoms with E-state index in [1.807, 2.05) is 0 Å². The van der Waals surface area contributed by atoms with Crippen LogP contribution in [0.3, 0.4) is 0 Å². The Labute approximate surface area is 156 Å².